The van der Waals surface area contributed by atoms with E-state index in [1.165, 1.54) is 4.90 Å². The quantitative estimate of drug-likeness (QED) is 0.278. The standard InChI is InChI=1S/C30H28N2O5/c1-15-3-4-19(11-16(15)2)31-14-17(12-25(31)33)30(36)37-20-7-5-18(6-8-20)32-28(34)26-21-9-10-22(24-13-23(21)24)27(26)29(32)35/h3-11,17,21-24,26-27H,12-14H2,1-2H3/t17-,21+,22+,23+,24+,26-,27-/m1/s1. The number of allylic oxidation sites excluding steroid dienone is 2. The lowest BCUT2D eigenvalue weighted by Gasteiger charge is -2.37. The summed E-state index contributed by atoms with van der Waals surface area (Å²) in [7, 11) is 0. The molecule has 0 N–H and O–H groups in total. The van der Waals surface area contributed by atoms with Crippen LogP contribution in [-0.4, -0.2) is 30.2 Å². The van der Waals surface area contributed by atoms with Crippen LogP contribution in [0.3, 0.4) is 0 Å². The Morgan fingerprint density at radius 2 is 1.46 bits per heavy atom. The third-order valence-electron chi connectivity index (χ3n) is 9.24. The van der Waals surface area contributed by atoms with Crippen molar-refractivity contribution >= 4 is 35.1 Å². The minimum absolute atomic E-state index is 0.0990. The Morgan fingerprint density at radius 3 is 2.08 bits per heavy atom. The maximum Gasteiger partial charge on any atom is 0.316 e. The summed E-state index contributed by atoms with van der Waals surface area (Å²) in [6.45, 7) is 4.29. The molecule has 8 rings (SSSR count). The third kappa shape index (κ3) is 3.32. The van der Waals surface area contributed by atoms with Gasteiger partial charge >= 0.3 is 5.97 Å². The molecule has 4 fully saturated rings. The SMILES string of the molecule is Cc1ccc(N2C[C@H](C(=O)Oc3ccc(N4C(=O)[C@@H]5[C@H]6C=C[C@@H]([C@@H]7C[C@@H]67)[C@H]5C4=O)cc3)CC2=O)cc1C. The molecule has 7 atom stereocenters. The van der Waals surface area contributed by atoms with Crippen molar-refractivity contribution in [3.8, 4) is 5.75 Å². The smallest absolute Gasteiger partial charge is 0.316 e. The van der Waals surface area contributed by atoms with Gasteiger partial charge in [-0.1, -0.05) is 18.2 Å². The lowest BCUT2D eigenvalue weighted by Crippen LogP contribution is -2.40. The van der Waals surface area contributed by atoms with Gasteiger partial charge in [0.25, 0.3) is 0 Å². The number of carbonyl (C=O) groups excluding carboxylic acids is 4. The number of hydrogen-bond donors (Lipinski definition) is 0. The van der Waals surface area contributed by atoms with E-state index in [0.717, 1.165) is 23.2 Å². The number of esters is 1. The fraction of sp³-hybridized carbons (Fsp3) is 0.400. The van der Waals surface area contributed by atoms with Crippen molar-refractivity contribution < 1.29 is 23.9 Å². The van der Waals surface area contributed by atoms with Gasteiger partial charge in [-0.25, -0.2) is 0 Å². The number of aryl methyl sites for hydroxylation is 2. The lowest BCUT2D eigenvalue weighted by molar-refractivity contribution is -0.139. The normalized spacial score (nSPS) is 33.1. The molecule has 0 aromatic heterocycles. The van der Waals surface area contributed by atoms with Crippen LogP contribution < -0.4 is 14.5 Å². The van der Waals surface area contributed by atoms with E-state index >= 15 is 0 Å². The largest absolute Gasteiger partial charge is 0.426 e. The van der Waals surface area contributed by atoms with Crippen molar-refractivity contribution in [2.24, 2.45) is 41.4 Å². The Hall–Kier alpha value is -3.74. The van der Waals surface area contributed by atoms with Crippen molar-refractivity contribution in [2.45, 2.75) is 26.7 Å². The summed E-state index contributed by atoms with van der Waals surface area (Å²) >= 11 is 0. The molecule has 2 saturated heterocycles. The van der Waals surface area contributed by atoms with E-state index in [9.17, 15) is 19.2 Å². The van der Waals surface area contributed by atoms with Gasteiger partial charge in [-0.15, -0.1) is 0 Å². The molecule has 0 unspecified atom stereocenters. The summed E-state index contributed by atoms with van der Waals surface area (Å²) < 4.78 is 5.59. The van der Waals surface area contributed by atoms with Gasteiger partial charge < -0.3 is 9.64 Å². The van der Waals surface area contributed by atoms with E-state index in [1.807, 2.05) is 32.0 Å². The number of imide groups is 1. The van der Waals surface area contributed by atoms with E-state index in [2.05, 4.69) is 12.2 Å². The average Bonchev–Trinajstić information content (AvgIpc) is 3.57. The highest BCUT2D eigenvalue weighted by Gasteiger charge is 2.67. The highest BCUT2D eigenvalue weighted by atomic mass is 16.5. The molecule has 0 spiro atoms. The second-order valence-corrected chi connectivity index (χ2v) is 11.3. The van der Waals surface area contributed by atoms with Crippen LogP contribution in [0.15, 0.2) is 54.6 Å². The topological polar surface area (TPSA) is 84.0 Å². The lowest BCUT2D eigenvalue weighted by atomic mass is 9.63. The highest BCUT2D eigenvalue weighted by molar-refractivity contribution is 6.22. The van der Waals surface area contributed by atoms with E-state index < -0.39 is 11.9 Å². The molecule has 2 aromatic rings. The minimum atomic E-state index is -0.562. The maximum atomic E-state index is 13.3. The molecule has 2 heterocycles. The molecular weight excluding hydrogens is 468 g/mol. The number of amides is 3. The molecule has 37 heavy (non-hydrogen) atoms. The van der Waals surface area contributed by atoms with Gasteiger partial charge in [0.15, 0.2) is 0 Å². The van der Waals surface area contributed by atoms with Crippen molar-refractivity contribution in [2.75, 3.05) is 16.3 Å². The van der Waals surface area contributed by atoms with Gasteiger partial charge in [0.2, 0.25) is 17.7 Å². The van der Waals surface area contributed by atoms with Crippen molar-refractivity contribution in [3.05, 3.63) is 65.7 Å². The Balaban J connectivity index is 1.03. The molecule has 7 nitrogen and oxygen atoms in total. The molecule has 0 radical (unpaired) electrons. The molecule has 4 aliphatic carbocycles. The van der Waals surface area contributed by atoms with Crippen molar-refractivity contribution in [3.63, 3.8) is 0 Å². The van der Waals surface area contributed by atoms with Crippen LogP contribution in [0.4, 0.5) is 11.4 Å². The molecule has 2 aliphatic heterocycles. The van der Waals surface area contributed by atoms with Crippen LogP contribution in [0.5, 0.6) is 5.75 Å². The van der Waals surface area contributed by atoms with E-state index in [4.69, 9.17) is 4.74 Å². The van der Waals surface area contributed by atoms with Crippen LogP contribution in [0.2, 0.25) is 0 Å². The monoisotopic (exact) mass is 496 g/mol. The molecule has 188 valence electrons. The molecule has 6 aliphatic rings. The Kier molecular flexibility index (Phi) is 4.78. The van der Waals surface area contributed by atoms with Crippen molar-refractivity contribution in [1.82, 2.24) is 0 Å². The van der Waals surface area contributed by atoms with E-state index in [0.29, 0.717) is 23.3 Å². The Labute approximate surface area is 215 Å². The van der Waals surface area contributed by atoms with Gasteiger partial charge in [0, 0.05) is 18.7 Å². The summed E-state index contributed by atoms with van der Waals surface area (Å²) in [6, 6.07) is 12.4. The summed E-state index contributed by atoms with van der Waals surface area (Å²) in [5, 5.41) is 0. The summed E-state index contributed by atoms with van der Waals surface area (Å²) in [5.74, 6) is -0.0422. The fourth-order valence-corrected chi connectivity index (χ4v) is 7.08. The van der Waals surface area contributed by atoms with Gasteiger partial charge in [0.1, 0.15) is 5.75 Å². The van der Waals surface area contributed by atoms with Gasteiger partial charge in [0.05, 0.1) is 23.4 Å². The number of anilines is 2. The van der Waals surface area contributed by atoms with Crippen LogP contribution in [0, 0.1) is 55.3 Å². The molecular formula is C30H28N2O5. The van der Waals surface area contributed by atoms with Crippen molar-refractivity contribution in [1.29, 1.82) is 0 Å². The Morgan fingerprint density at radius 1 is 0.838 bits per heavy atom. The highest BCUT2D eigenvalue weighted by Crippen LogP contribution is 2.65. The van der Waals surface area contributed by atoms with Crippen LogP contribution in [-0.2, 0) is 19.2 Å². The Bertz CT molecular complexity index is 1360. The predicted molar refractivity (Wildman–Crippen MR) is 136 cm³/mol. The van der Waals surface area contributed by atoms with Gasteiger partial charge in [-0.2, -0.15) is 0 Å². The summed E-state index contributed by atoms with van der Waals surface area (Å²) in [5.41, 5.74) is 3.53. The zero-order valence-corrected chi connectivity index (χ0v) is 20.8. The first-order valence-electron chi connectivity index (χ1n) is 13.1. The molecule has 7 heteroatoms. The first-order chi connectivity index (χ1) is 17.8. The van der Waals surface area contributed by atoms with Crippen LogP contribution in [0.1, 0.15) is 24.0 Å². The summed E-state index contributed by atoms with van der Waals surface area (Å²) in [6.07, 6.45) is 5.55. The van der Waals surface area contributed by atoms with E-state index in [1.54, 1.807) is 29.2 Å². The third-order valence-corrected chi connectivity index (χ3v) is 9.24. The fourth-order valence-electron chi connectivity index (χ4n) is 7.08. The molecule has 2 bridgehead atoms. The molecule has 2 saturated carbocycles. The first kappa shape index (κ1) is 22.5. The second kappa shape index (κ2) is 7.88. The molecule has 2 aromatic carbocycles. The average molecular weight is 497 g/mol. The minimum Gasteiger partial charge on any atom is -0.426 e. The number of benzene rings is 2. The first-order valence-corrected chi connectivity index (χ1v) is 13.1. The number of nitrogens with zero attached hydrogens (tertiary/aromatic N) is 2. The van der Waals surface area contributed by atoms with E-state index in [-0.39, 0.29) is 54.4 Å². The van der Waals surface area contributed by atoms with Crippen LogP contribution >= 0.6 is 0 Å². The second-order valence-electron chi connectivity index (χ2n) is 11.3. The zero-order valence-electron chi connectivity index (χ0n) is 20.8. The summed E-state index contributed by atoms with van der Waals surface area (Å²) in [4.78, 5) is 55.1. The number of hydrogen-bond acceptors (Lipinski definition) is 5. The van der Waals surface area contributed by atoms with Gasteiger partial charge in [-0.3, -0.25) is 24.1 Å². The predicted octanol–water partition coefficient (Wildman–Crippen LogP) is 3.82. The number of carbonyl (C=O) groups is 4. The van der Waals surface area contributed by atoms with Crippen LogP contribution in [0.25, 0.3) is 0 Å². The maximum absolute atomic E-state index is 13.3. The van der Waals surface area contributed by atoms with Gasteiger partial charge in [-0.05, 0) is 91.5 Å². The number of rotatable bonds is 4. The zero-order chi connectivity index (χ0) is 25.6. The number of ether oxygens (including phenoxy) is 1. The molecule has 3 amide bonds.